The van der Waals surface area contributed by atoms with E-state index in [4.69, 9.17) is 0 Å². The molecule has 0 saturated heterocycles. The van der Waals surface area contributed by atoms with Crippen LogP contribution in [0.1, 0.15) is 33.6 Å². The summed E-state index contributed by atoms with van der Waals surface area (Å²) in [6, 6.07) is 0. The van der Waals surface area contributed by atoms with E-state index in [1.807, 2.05) is 6.92 Å². The van der Waals surface area contributed by atoms with Crippen LogP contribution in [0.3, 0.4) is 0 Å². The molecule has 2 heteroatoms. The molecule has 0 unspecified atom stereocenters. The van der Waals surface area contributed by atoms with Crippen LogP contribution in [0.2, 0.25) is 0 Å². The Kier molecular flexibility index (Phi) is 1.87. The Bertz CT molecular complexity index is 204. The summed E-state index contributed by atoms with van der Waals surface area (Å²) in [6.07, 6.45) is 1.31. The van der Waals surface area contributed by atoms with Crippen molar-refractivity contribution < 1.29 is 9.59 Å². The first-order valence-electron chi connectivity index (χ1n) is 4.04. The van der Waals surface area contributed by atoms with Crippen molar-refractivity contribution in [1.82, 2.24) is 0 Å². The highest BCUT2D eigenvalue weighted by Crippen LogP contribution is 2.31. The lowest BCUT2D eigenvalue weighted by molar-refractivity contribution is -0.144. The predicted octanol–water partition coefficient (Wildman–Crippen LogP) is 1.58. The van der Waals surface area contributed by atoms with Gasteiger partial charge in [-0.15, -0.1) is 0 Å². The van der Waals surface area contributed by atoms with Crippen molar-refractivity contribution in [2.75, 3.05) is 0 Å². The molecule has 1 saturated carbocycles. The van der Waals surface area contributed by atoms with E-state index >= 15 is 0 Å². The Balaban J connectivity index is 2.90. The average molecular weight is 154 g/mol. The van der Waals surface area contributed by atoms with Gasteiger partial charge in [0.05, 0.1) is 5.41 Å². The van der Waals surface area contributed by atoms with E-state index in [1.165, 1.54) is 0 Å². The molecule has 0 heterocycles. The van der Waals surface area contributed by atoms with Crippen molar-refractivity contribution in [1.29, 1.82) is 0 Å². The summed E-state index contributed by atoms with van der Waals surface area (Å²) >= 11 is 0. The second-order valence-corrected chi connectivity index (χ2v) is 3.85. The minimum Gasteiger partial charge on any atom is -0.299 e. The Labute approximate surface area is 67.0 Å². The van der Waals surface area contributed by atoms with Crippen molar-refractivity contribution in [3.63, 3.8) is 0 Å². The van der Waals surface area contributed by atoms with E-state index < -0.39 is 5.41 Å². The van der Waals surface area contributed by atoms with E-state index in [2.05, 4.69) is 0 Å². The molecule has 1 aliphatic carbocycles. The van der Waals surface area contributed by atoms with E-state index in [-0.39, 0.29) is 17.5 Å². The first-order valence-corrected chi connectivity index (χ1v) is 4.04. The smallest absolute Gasteiger partial charge is 0.148 e. The molecule has 0 aromatic rings. The second kappa shape index (κ2) is 2.43. The summed E-state index contributed by atoms with van der Waals surface area (Å²) in [6.45, 7) is 5.36. The minimum atomic E-state index is -0.711. The van der Waals surface area contributed by atoms with Crippen LogP contribution in [0.5, 0.6) is 0 Å². The van der Waals surface area contributed by atoms with E-state index in [1.54, 1.807) is 13.8 Å². The van der Waals surface area contributed by atoms with Gasteiger partial charge in [0.15, 0.2) is 0 Å². The van der Waals surface area contributed by atoms with Gasteiger partial charge in [-0.25, -0.2) is 0 Å². The molecule has 2 nitrogen and oxygen atoms in total. The SMILES string of the molecule is C[C@@H]1CCC(=O)C(C)(C)C1=O. The van der Waals surface area contributed by atoms with Crippen molar-refractivity contribution in [2.45, 2.75) is 33.6 Å². The topological polar surface area (TPSA) is 34.1 Å². The summed E-state index contributed by atoms with van der Waals surface area (Å²) in [7, 11) is 0. The van der Waals surface area contributed by atoms with Gasteiger partial charge in [0.25, 0.3) is 0 Å². The largest absolute Gasteiger partial charge is 0.299 e. The van der Waals surface area contributed by atoms with Crippen LogP contribution < -0.4 is 0 Å². The number of ketones is 2. The molecule has 0 aromatic carbocycles. The van der Waals surface area contributed by atoms with Crippen LogP contribution in [0.4, 0.5) is 0 Å². The van der Waals surface area contributed by atoms with Crippen LogP contribution in [-0.4, -0.2) is 11.6 Å². The van der Waals surface area contributed by atoms with Crippen molar-refractivity contribution in [3.8, 4) is 0 Å². The molecular weight excluding hydrogens is 140 g/mol. The highest BCUT2D eigenvalue weighted by Gasteiger charge is 2.41. The van der Waals surface area contributed by atoms with Gasteiger partial charge >= 0.3 is 0 Å². The third kappa shape index (κ3) is 1.22. The van der Waals surface area contributed by atoms with Gasteiger partial charge in [-0.1, -0.05) is 6.92 Å². The summed E-state index contributed by atoms with van der Waals surface area (Å²) in [5.41, 5.74) is -0.711. The highest BCUT2D eigenvalue weighted by atomic mass is 16.2. The van der Waals surface area contributed by atoms with Gasteiger partial charge in [-0.3, -0.25) is 9.59 Å². The van der Waals surface area contributed by atoms with Crippen molar-refractivity contribution >= 4 is 11.6 Å². The molecule has 0 radical (unpaired) electrons. The van der Waals surface area contributed by atoms with E-state index in [0.717, 1.165) is 6.42 Å². The third-order valence-corrected chi connectivity index (χ3v) is 2.57. The average Bonchev–Trinajstić information content (AvgIpc) is 1.95. The zero-order chi connectivity index (χ0) is 8.65. The summed E-state index contributed by atoms with van der Waals surface area (Å²) in [5.74, 6) is 0.275. The number of carbonyl (C=O) groups excluding carboxylic acids is 2. The standard InChI is InChI=1S/C9H14O2/c1-6-4-5-7(10)9(2,3)8(6)11/h6H,4-5H2,1-3H3/t6-/m1/s1. The van der Waals surface area contributed by atoms with Gasteiger partial charge < -0.3 is 0 Å². The normalized spacial score (nSPS) is 30.6. The summed E-state index contributed by atoms with van der Waals surface area (Å²) in [4.78, 5) is 22.7. The van der Waals surface area contributed by atoms with Crippen LogP contribution in [0.25, 0.3) is 0 Å². The van der Waals surface area contributed by atoms with E-state index in [9.17, 15) is 9.59 Å². The molecule has 1 atom stereocenters. The molecule has 11 heavy (non-hydrogen) atoms. The maximum atomic E-state index is 11.4. The summed E-state index contributed by atoms with van der Waals surface area (Å²) < 4.78 is 0. The molecule has 1 aliphatic rings. The van der Waals surface area contributed by atoms with E-state index in [0.29, 0.717) is 6.42 Å². The van der Waals surface area contributed by atoms with Gasteiger partial charge in [0, 0.05) is 12.3 Å². The monoisotopic (exact) mass is 154 g/mol. The fourth-order valence-electron chi connectivity index (χ4n) is 1.54. The second-order valence-electron chi connectivity index (χ2n) is 3.85. The molecular formula is C9H14O2. The van der Waals surface area contributed by atoms with Crippen LogP contribution >= 0.6 is 0 Å². The highest BCUT2D eigenvalue weighted by molar-refractivity contribution is 6.08. The fourth-order valence-corrected chi connectivity index (χ4v) is 1.54. The zero-order valence-electron chi connectivity index (χ0n) is 7.31. The summed E-state index contributed by atoms with van der Waals surface area (Å²) in [5, 5.41) is 0. The quantitative estimate of drug-likeness (QED) is 0.496. The molecule has 0 amide bonds. The van der Waals surface area contributed by atoms with Crippen molar-refractivity contribution in [2.24, 2.45) is 11.3 Å². The Hall–Kier alpha value is -0.660. The minimum absolute atomic E-state index is 0.0719. The first kappa shape index (κ1) is 8.44. The molecule has 1 fully saturated rings. The lowest BCUT2D eigenvalue weighted by Crippen LogP contribution is -2.41. The van der Waals surface area contributed by atoms with Gasteiger partial charge in [0.1, 0.15) is 11.6 Å². The maximum Gasteiger partial charge on any atom is 0.148 e. The molecule has 0 spiro atoms. The van der Waals surface area contributed by atoms with Gasteiger partial charge in [-0.05, 0) is 20.3 Å². The maximum absolute atomic E-state index is 11.4. The molecule has 0 N–H and O–H groups in total. The predicted molar refractivity (Wildman–Crippen MR) is 42.2 cm³/mol. The van der Waals surface area contributed by atoms with Crippen molar-refractivity contribution in [3.05, 3.63) is 0 Å². The first-order chi connectivity index (χ1) is 4.96. The molecule has 0 bridgehead atoms. The lowest BCUT2D eigenvalue weighted by Gasteiger charge is -2.30. The Morgan fingerprint density at radius 1 is 1.36 bits per heavy atom. The molecule has 0 aliphatic heterocycles. The molecule has 1 rings (SSSR count). The molecule has 0 aromatic heterocycles. The Morgan fingerprint density at radius 3 is 2.36 bits per heavy atom. The number of hydrogen-bond donors (Lipinski definition) is 0. The number of Topliss-reactive ketones (excluding diaryl/α,β-unsaturated/α-hetero) is 2. The Morgan fingerprint density at radius 2 is 1.91 bits per heavy atom. The zero-order valence-corrected chi connectivity index (χ0v) is 7.31. The van der Waals surface area contributed by atoms with Gasteiger partial charge in [0.2, 0.25) is 0 Å². The van der Waals surface area contributed by atoms with Crippen LogP contribution in [-0.2, 0) is 9.59 Å². The van der Waals surface area contributed by atoms with Gasteiger partial charge in [-0.2, -0.15) is 0 Å². The lowest BCUT2D eigenvalue weighted by atomic mass is 9.71. The van der Waals surface area contributed by atoms with Crippen LogP contribution in [0.15, 0.2) is 0 Å². The number of rotatable bonds is 0. The number of carbonyl (C=O) groups is 2. The number of hydrogen-bond acceptors (Lipinski definition) is 2. The molecule has 62 valence electrons. The third-order valence-electron chi connectivity index (χ3n) is 2.57. The van der Waals surface area contributed by atoms with Crippen LogP contribution in [0, 0.1) is 11.3 Å². The fraction of sp³-hybridized carbons (Fsp3) is 0.778.